The quantitative estimate of drug-likeness (QED) is 0.292. The van der Waals surface area contributed by atoms with Crippen molar-refractivity contribution in [3.63, 3.8) is 0 Å². The molecule has 214 valence electrons. The zero-order valence-electron chi connectivity index (χ0n) is 22.0. The van der Waals surface area contributed by atoms with E-state index in [-0.39, 0.29) is 29.4 Å². The number of carboxylic acid groups (broad SMARTS) is 1. The molecule has 41 heavy (non-hydrogen) atoms. The Kier molecular flexibility index (Phi) is 8.27. The number of carbonyl (C=O) groups is 2. The van der Waals surface area contributed by atoms with Gasteiger partial charge in [0.05, 0.1) is 17.2 Å². The summed E-state index contributed by atoms with van der Waals surface area (Å²) in [4.78, 5) is 44.4. The molecule has 0 bridgehead atoms. The molecule has 0 aliphatic carbocycles. The van der Waals surface area contributed by atoms with Crippen LogP contribution in [0.5, 0.6) is 0 Å². The summed E-state index contributed by atoms with van der Waals surface area (Å²) in [5.74, 6) is -3.66. The molecule has 0 radical (unpaired) electrons. The van der Waals surface area contributed by atoms with Gasteiger partial charge in [-0.25, -0.2) is 33.3 Å². The van der Waals surface area contributed by atoms with E-state index >= 15 is 0 Å². The molecule has 0 saturated carbocycles. The van der Waals surface area contributed by atoms with Gasteiger partial charge in [0.15, 0.2) is 28.2 Å². The van der Waals surface area contributed by atoms with Gasteiger partial charge in [0.1, 0.15) is 6.04 Å². The Morgan fingerprint density at radius 3 is 2.66 bits per heavy atom. The van der Waals surface area contributed by atoms with E-state index in [1.165, 1.54) is 23.6 Å². The lowest BCUT2D eigenvalue weighted by Gasteiger charge is -2.36. The highest BCUT2D eigenvalue weighted by Gasteiger charge is 2.38. The van der Waals surface area contributed by atoms with Gasteiger partial charge < -0.3 is 20.1 Å². The van der Waals surface area contributed by atoms with Crippen molar-refractivity contribution in [3.8, 4) is 0 Å². The first-order valence-electron chi connectivity index (χ1n) is 12.8. The monoisotopic (exact) mass is 602 g/mol. The molecular weight excluding hydrogens is 578 g/mol. The SMILES string of the molecule is CCOC(=O)C1=C(C2CCN(c3ncc(C)c(C(=O)O)n3)CC2)NC(c2nccs2)=NC1c1ccc(F)c(F)c1Cl. The molecule has 2 aliphatic heterocycles. The van der Waals surface area contributed by atoms with Gasteiger partial charge in [0.25, 0.3) is 0 Å². The molecule has 1 aromatic carbocycles. The van der Waals surface area contributed by atoms with Crippen molar-refractivity contribution in [1.82, 2.24) is 20.3 Å². The van der Waals surface area contributed by atoms with E-state index in [4.69, 9.17) is 16.3 Å². The number of aliphatic imine (C=N–C) groups is 1. The fraction of sp³-hybridized carbons (Fsp3) is 0.333. The smallest absolute Gasteiger partial charge is 0.354 e. The molecule has 5 rings (SSSR count). The van der Waals surface area contributed by atoms with Crippen LogP contribution in [0.4, 0.5) is 14.7 Å². The molecule has 0 spiro atoms. The maximum atomic E-state index is 14.6. The van der Waals surface area contributed by atoms with Crippen LogP contribution in [0.25, 0.3) is 0 Å². The molecule has 4 heterocycles. The number of carbonyl (C=O) groups excluding carboxylic acids is 1. The maximum absolute atomic E-state index is 14.6. The maximum Gasteiger partial charge on any atom is 0.354 e. The number of piperidine rings is 1. The van der Waals surface area contributed by atoms with Crippen LogP contribution >= 0.6 is 22.9 Å². The van der Waals surface area contributed by atoms with Crippen molar-refractivity contribution in [2.45, 2.75) is 32.7 Å². The van der Waals surface area contributed by atoms with Gasteiger partial charge in [0.2, 0.25) is 5.95 Å². The minimum atomic E-state index is -1.23. The average molecular weight is 603 g/mol. The Morgan fingerprint density at radius 1 is 1.24 bits per heavy atom. The van der Waals surface area contributed by atoms with Gasteiger partial charge in [-0.15, -0.1) is 11.3 Å². The largest absolute Gasteiger partial charge is 0.476 e. The standard InChI is InChI=1S/C27H25ClF2N6O4S/c1-3-40-26(39)17-21(14-6-9-36(10-7-14)27-32-12-13(2)20(35-27)25(37)38)33-23(24-31-8-11-41-24)34-22(17)15-4-5-16(29)19(30)18(15)28/h4-5,8,11-12,14,22H,3,6-7,9-10H2,1-2H3,(H,33,34)(H,37,38). The molecule has 0 amide bonds. The van der Waals surface area contributed by atoms with E-state index < -0.39 is 34.6 Å². The number of thiazole rings is 1. The first-order chi connectivity index (χ1) is 19.7. The Hall–Kier alpha value is -3.97. The van der Waals surface area contributed by atoms with Gasteiger partial charge in [-0.05, 0) is 32.8 Å². The average Bonchev–Trinajstić information content (AvgIpc) is 3.51. The van der Waals surface area contributed by atoms with Gasteiger partial charge in [-0.2, -0.15) is 0 Å². The third-order valence-corrected chi connectivity index (χ3v) is 8.08. The number of hydrogen-bond acceptors (Lipinski definition) is 10. The molecule has 10 nitrogen and oxygen atoms in total. The Balaban J connectivity index is 1.54. The first kappa shape index (κ1) is 28.6. The number of halogens is 3. The number of rotatable bonds is 7. The number of aromatic carboxylic acids is 1. The summed E-state index contributed by atoms with van der Waals surface area (Å²) < 4.78 is 34.0. The lowest BCUT2D eigenvalue weighted by Crippen LogP contribution is -2.42. The zero-order valence-corrected chi connectivity index (χ0v) is 23.6. The van der Waals surface area contributed by atoms with Crippen molar-refractivity contribution in [3.05, 3.63) is 79.7 Å². The predicted molar refractivity (Wildman–Crippen MR) is 148 cm³/mol. The number of amidine groups is 1. The van der Waals surface area contributed by atoms with Crippen LogP contribution in [-0.4, -0.2) is 57.5 Å². The first-order valence-corrected chi connectivity index (χ1v) is 14.1. The minimum Gasteiger partial charge on any atom is -0.476 e. The fourth-order valence-corrected chi connectivity index (χ4v) is 5.76. The molecule has 1 unspecified atom stereocenters. The summed E-state index contributed by atoms with van der Waals surface area (Å²) in [6.07, 6.45) is 4.16. The van der Waals surface area contributed by atoms with Gasteiger partial charge in [-0.3, -0.25) is 4.99 Å². The molecular formula is C27H25ClF2N6O4S. The third kappa shape index (κ3) is 5.64. The Labute approximate surface area is 242 Å². The lowest BCUT2D eigenvalue weighted by atomic mass is 9.85. The summed E-state index contributed by atoms with van der Waals surface area (Å²) in [6.45, 7) is 4.33. The topological polar surface area (TPSA) is 130 Å². The number of nitrogens with zero attached hydrogens (tertiary/aromatic N) is 5. The van der Waals surface area contributed by atoms with E-state index in [1.54, 1.807) is 25.4 Å². The van der Waals surface area contributed by atoms with E-state index in [0.29, 0.717) is 54.0 Å². The second-order valence-corrected chi connectivity index (χ2v) is 10.7. The van der Waals surface area contributed by atoms with E-state index in [0.717, 1.165) is 6.07 Å². The summed E-state index contributed by atoms with van der Waals surface area (Å²) in [5.41, 5.74) is 1.20. The Morgan fingerprint density at radius 2 is 2.00 bits per heavy atom. The highest BCUT2D eigenvalue weighted by atomic mass is 35.5. The van der Waals surface area contributed by atoms with E-state index in [2.05, 4.69) is 25.3 Å². The summed E-state index contributed by atoms with van der Waals surface area (Å²) in [5, 5.41) is 14.6. The normalized spacial score (nSPS) is 17.7. The number of esters is 1. The molecule has 3 aromatic rings. The number of nitrogens with one attached hydrogen (secondary N) is 1. The molecule has 2 aliphatic rings. The Bertz CT molecular complexity index is 1560. The van der Waals surface area contributed by atoms with Crippen LogP contribution in [0.3, 0.4) is 0 Å². The van der Waals surface area contributed by atoms with Crippen LogP contribution in [0.1, 0.15) is 52.4 Å². The second-order valence-electron chi connectivity index (χ2n) is 9.42. The summed E-state index contributed by atoms with van der Waals surface area (Å²) in [7, 11) is 0. The van der Waals surface area contributed by atoms with Gasteiger partial charge in [-0.1, -0.05) is 17.7 Å². The summed E-state index contributed by atoms with van der Waals surface area (Å²) in [6, 6.07) is 1.18. The van der Waals surface area contributed by atoms with Crippen LogP contribution in [0.15, 0.2) is 46.2 Å². The molecule has 14 heteroatoms. The van der Waals surface area contributed by atoms with Crippen molar-refractivity contribution in [2.75, 3.05) is 24.6 Å². The van der Waals surface area contributed by atoms with Crippen LogP contribution in [-0.2, 0) is 9.53 Å². The molecule has 2 N–H and O–H groups in total. The summed E-state index contributed by atoms with van der Waals surface area (Å²) >= 11 is 7.59. The third-order valence-electron chi connectivity index (χ3n) is 6.91. The van der Waals surface area contributed by atoms with Crippen molar-refractivity contribution in [1.29, 1.82) is 0 Å². The number of anilines is 1. The number of aromatic nitrogens is 3. The van der Waals surface area contributed by atoms with Gasteiger partial charge >= 0.3 is 11.9 Å². The number of allylic oxidation sites excluding steroid dienone is 1. The lowest BCUT2D eigenvalue weighted by molar-refractivity contribution is -0.139. The van der Waals surface area contributed by atoms with Gasteiger partial charge in [0, 0.05) is 53.6 Å². The second kappa shape index (κ2) is 11.9. The molecule has 1 atom stereocenters. The van der Waals surface area contributed by atoms with Crippen LogP contribution in [0, 0.1) is 24.5 Å². The number of ether oxygens (including phenoxy) is 1. The highest BCUT2D eigenvalue weighted by Crippen LogP contribution is 2.41. The molecule has 2 aromatic heterocycles. The van der Waals surface area contributed by atoms with Crippen molar-refractivity contribution < 1.29 is 28.2 Å². The van der Waals surface area contributed by atoms with Crippen LogP contribution < -0.4 is 10.2 Å². The molecule has 1 saturated heterocycles. The van der Waals surface area contributed by atoms with Crippen LogP contribution in [0.2, 0.25) is 5.02 Å². The fourth-order valence-electron chi connectivity index (χ4n) is 4.92. The van der Waals surface area contributed by atoms with Crippen molar-refractivity contribution in [2.24, 2.45) is 10.9 Å². The number of carboxylic acids is 1. The number of benzene rings is 1. The zero-order chi connectivity index (χ0) is 29.3. The molecule has 1 fully saturated rings. The number of aryl methyl sites for hydroxylation is 1. The number of hydrogen-bond donors (Lipinski definition) is 2. The van der Waals surface area contributed by atoms with Crippen molar-refractivity contribution >= 4 is 46.7 Å². The minimum absolute atomic E-state index is 0.0612. The predicted octanol–water partition coefficient (Wildman–Crippen LogP) is 4.70. The van der Waals surface area contributed by atoms with E-state index in [1.807, 2.05) is 4.90 Å². The highest BCUT2D eigenvalue weighted by molar-refractivity contribution is 7.11. The van der Waals surface area contributed by atoms with E-state index in [9.17, 15) is 23.5 Å².